The lowest BCUT2D eigenvalue weighted by Gasteiger charge is -2.31. The first kappa shape index (κ1) is 19.1. The van der Waals surface area contributed by atoms with Gasteiger partial charge in [-0.1, -0.05) is 18.2 Å². The van der Waals surface area contributed by atoms with Gasteiger partial charge in [0.2, 0.25) is 11.8 Å². The van der Waals surface area contributed by atoms with E-state index in [9.17, 15) is 9.59 Å². The van der Waals surface area contributed by atoms with Crippen LogP contribution in [0.5, 0.6) is 5.75 Å². The van der Waals surface area contributed by atoms with Crippen molar-refractivity contribution in [3.63, 3.8) is 0 Å². The van der Waals surface area contributed by atoms with Crippen LogP contribution in [0.2, 0.25) is 0 Å². The highest BCUT2D eigenvalue weighted by Gasteiger charge is 2.40. The second-order valence-electron chi connectivity index (χ2n) is 7.30. The van der Waals surface area contributed by atoms with Crippen molar-refractivity contribution in [1.29, 1.82) is 0 Å². The van der Waals surface area contributed by atoms with Gasteiger partial charge in [0.05, 0.1) is 12.4 Å². The van der Waals surface area contributed by atoms with E-state index in [1.165, 1.54) is 0 Å². The summed E-state index contributed by atoms with van der Waals surface area (Å²) in [6, 6.07) is 8.01. The minimum Gasteiger partial charge on any atom is -0.496 e. The summed E-state index contributed by atoms with van der Waals surface area (Å²) >= 11 is 1.64. The van der Waals surface area contributed by atoms with Crippen molar-refractivity contribution in [2.75, 3.05) is 20.2 Å². The number of hydrogen-bond donors (Lipinski definition) is 0. The Morgan fingerprint density at radius 3 is 2.65 bits per heavy atom. The van der Waals surface area contributed by atoms with Gasteiger partial charge >= 0.3 is 0 Å². The Hall–Kier alpha value is -1.69. The van der Waals surface area contributed by atoms with Crippen LogP contribution in [-0.4, -0.2) is 53.1 Å². The predicted molar refractivity (Wildman–Crippen MR) is 104 cm³/mol. The van der Waals surface area contributed by atoms with Crippen LogP contribution >= 0.6 is 11.8 Å². The van der Waals surface area contributed by atoms with Gasteiger partial charge in [-0.05, 0) is 39.7 Å². The number of hydrogen-bond acceptors (Lipinski definition) is 4. The van der Waals surface area contributed by atoms with Gasteiger partial charge < -0.3 is 14.5 Å². The van der Waals surface area contributed by atoms with Crippen LogP contribution in [0.15, 0.2) is 24.3 Å². The molecule has 2 amide bonds. The summed E-state index contributed by atoms with van der Waals surface area (Å²) in [6.45, 7) is 7.17. The van der Waals surface area contributed by atoms with E-state index in [0.29, 0.717) is 13.1 Å². The van der Waals surface area contributed by atoms with Gasteiger partial charge in [0.1, 0.15) is 11.1 Å². The Kier molecular flexibility index (Phi) is 5.80. The van der Waals surface area contributed by atoms with E-state index in [2.05, 4.69) is 0 Å². The Balaban J connectivity index is 1.77. The molecule has 0 spiro atoms. The van der Waals surface area contributed by atoms with Crippen molar-refractivity contribution >= 4 is 23.6 Å². The Morgan fingerprint density at radius 1 is 1.35 bits per heavy atom. The number of benzene rings is 1. The number of amides is 2. The zero-order valence-electron chi connectivity index (χ0n) is 16.0. The summed E-state index contributed by atoms with van der Waals surface area (Å²) in [5.74, 6) is 1.37. The van der Waals surface area contributed by atoms with Crippen LogP contribution in [0.25, 0.3) is 0 Å². The van der Waals surface area contributed by atoms with E-state index in [-0.39, 0.29) is 34.4 Å². The SMILES string of the molecule is COc1ccccc1[C@@H]1S[C@H](C)C(=O)N1CCN(C(=O)C1CC1)C(C)C. The van der Waals surface area contributed by atoms with Crippen LogP contribution in [0.4, 0.5) is 0 Å². The van der Waals surface area contributed by atoms with Crippen molar-refractivity contribution in [2.45, 2.75) is 50.3 Å². The third kappa shape index (κ3) is 3.85. The highest BCUT2D eigenvalue weighted by molar-refractivity contribution is 8.01. The highest BCUT2D eigenvalue weighted by Crippen LogP contribution is 2.45. The van der Waals surface area contributed by atoms with Crippen LogP contribution in [-0.2, 0) is 9.59 Å². The molecule has 2 atom stereocenters. The molecule has 2 aliphatic rings. The van der Waals surface area contributed by atoms with Crippen molar-refractivity contribution in [3.05, 3.63) is 29.8 Å². The molecule has 1 heterocycles. The lowest BCUT2D eigenvalue weighted by atomic mass is 10.1. The van der Waals surface area contributed by atoms with E-state index in [1.54, 1.807) is 18.9 Å². The molecule has 1 aliphatic carbocycles. The van der Waals surface area contributed by atoms with Crippen molar-refractivity contribution < 1.29 is 14.3 Å². The molecule has 5 nitrogen and oxygen atoms in total. The van der Waals surface area contributed by atoms with Gasteiger partial charge in [-0.2, -0.15) is 0 Å². The predicted octanol–water partition coefficient (Wildman–Crippen LogP) is 3.30. The molecule has 2 fully saturated rings. The average Bonchev–Trinajstić information content (AvgIpc) is 3.43. The fraction of sp³-hybridized carbons (Fsp3) is 0.600. The number of ether oxygens (including phenoxy) is 1. The first-order valence-electron chi connectivity index (χ1n) is 9.33. The lowest BCUT2D eigenvalue weighted by Crippen LogP contribution is -2.44. The monoisotopic (exact) mass is 376 g/mol. The largest absolute Gasteiger partial charge is 0.496 e. The number of para-hydroxylation sites is 1. The number of thioether (sulfide) groups is 1. The van der Waals surface area contributed by atoms with Gasteiger partial charge in [0.15, 0.2) is 0 Å². The molecule has 0 radical (unpaired) electrons. The average molecular weight is 377 g/mol. The Labute approximate surface area is 160 Å². The standard InChI is InChI=1S/C20H28N2O3S/c1-13(2)21(19(24)15-9-10-15)11-12-22-18(23)14(3)26-20(22)16-7-5-6-8-17(16)25-4/h5-8,13-15,20H,9-12H2,1-4H3/t14-,20+/m1/s1. The van der Waals surface area contributed by atoms with Crippen molar-refractivity contribution in [1.82, 2.24) is 9.80 Å². The first-order chi connectivity index (χ1) is 12.4. The van der Waals surface area contributed by atoms with Gasteiger partial charge in [0, 0.05) is 30.6 Å². The summed E-state index contributed by atoms with van der Waals surface area (Å²) in [7, 11) is 1.66. The molecule has 1 aromatic rings. The Bertz CT molecular complexity index is 675. The van der Waals surface area contributed by atoms with E-state index in [0.717, 1.165) is 24.2 Å². The normalized spacial score (nSPS) is 22.8. The fourth-order valence-corrected chi connectivity index (χ4v) is 4.75. The summed E-state index contributed by atoms with van der Waals surface area (Å²) in [6.07, 6.45) is 2.00. The molecule has 0 unspecified atom stereocenters. The molecule has 0 N–H and O–H groups in total. The van der Waals surface area contributed by atoms with Gasteiger partial charge in [-0.15, -0.1) is 11.8 Å². The maximum absolute atomic E-state index is 12.7. The maximum Gasteiger partial charge on any atom is 0.236 e. The third-order valence-corrected chi connectivity index (χ3v) is 6.44. The Morgan fingerprint density at radius 2 is 2.04 bits per heavy atom. The zero-order valence-corrected chi connectivity index (χ0v) is 16.8. The zero-order chi connectivity index (χ0) is 18.8. The number of nitrogens with zero attached hydrogens (tertiary/aromatic N) is 2. The topological polar surface area (TPSA) is 49.9 Å². The fourth-order valence-electron chi connectivity index (χ4n) is 3.42. The molecular formula is C20H28N2O3S. The van der Waals surface area contributed by atoms with Crippen molar-refractivity contribution in [3.8, 4) is 5.75 Å². The first-order valence-corrected chi connectivity index (χ1v) is 10.3. The number of carbonyl (C=O) groups excluding carboxylic acids is 2. The number of rotatable bonds is 7. The smallest absolute Gasteiger partial charge is 0.236 e. The molecular weight excluding hydrogens is 348 g/mol. The quantitative estimate of drug-likeness (QED) is 0.733. The minimum atomic E-state index is -0.0865. The van der Waals surface area contributed by atoms with Gasteiger partial charge in [0.25, 0.3) is 0 Å². The molecule has 6 heteroatoms. The van der Waals surface area contributed by atoms with Crippen LogP contribution in [0.1, 0.15) is 44.6 Å². The molecule has 0 aromatic heterocycles. The molecule has 1 saturated heterocycles. The molecule has 1 aromatic carbocycles. The van der Waals surface area contributed by atoms with Crippen molar-refractivity contribution in [2.24, 2.45) is 5.92 Å². The molecule has 1 aliphatic heterocycles. The van der Waals surface area contributed by atoms with Crippen LogP contribution < -0.4 is 4.74 Å². The number of methoxy groups -OCH3 is 1. The maximum atomic E-state index is 12.7. The second kappa shape index (κ2) is 7.91. The summed E-state index contributed by atoms with van der Waals surface area (Å²) in [5.41, 5.74) is 1.02. The van der Waals surface area contributed by atoms with E-state index in [4.69, 9.17) is 4.74 Å². The number of carbonyl (C=O) groups is 2. The molecule has 1 saturated carbocycles. The summed E-state index contributed by atoms with van der Waals surface area (Å²) in [4.78, 5) is 29.1. The van der Waals surface area contributed by atoms with E-state index >= 15 is 0 Å². The van der Waals surface area contributed by atoms with E-state index < -0.39 is 0 Å². The van der Waals surface area contributed by atoms with E-state index in [1.807, 2.05) is 54.8 Å². The van der Waals surface area contributed by atoms with Gasteiger partial charge in [-0.25, -0.2) is 0 Å². The van der Waals surface area contributed by atoms with Crippen LogP contribution in [0.3, 0.4) is 0 Å². The minimum absolute atomic E-state index is 0.0707. The summed E-state index contributed by atoms with van der Waals surface area (Å²) in [5, 5.41) is -0.157. The van der Waals surface area contributed by atoms with Crippen LogP contribution in [0, 0.1) is 5.92 Å². The molecule has 142 valence electrons. The van der Waals surface area contributed by atoms with Gasteiger partial charge in [-0.3, -0.25) is 9.59 Å². The molecule has 26 heavy (non-hydrogen) atoms. The molecule has 0 bridgehead atoms. The molecule has 3 rings (SSSR count). The summed E-state index contributed by atoms with van der Waals surface area (Å²) < 4.78 is 5.50. The third-order valence-electron chi connectivity index (χ3n) is 5.07. The lowest BCUT2D eigenvalue weighted by molar-refractivity contribution is -0.136. The second-order valence-corrected chi connectivity index (χ2v) is 8.73. The highest BCUT2D eigenvalue weighted by atomic mass is 32.2.